The highest BCUT2D eigenvalue weighted by Gasteiger charge is 2.13. The van der Waals surface area contributed by atoms with E-state index < -0.39 is 0 Å². The van der Waals surface area contributed by atoms with Gasteiger partial charge in [0.25, 0.3) is 0 Å². The van der Waals surface area contributed by atoms with E-state index in [1.54, 1.807) is 18.7 Å². The van der Waals surface area contributed by atoms with Gasteiger partial charge >= 0.3 is 0 Å². The van der Waals surface area contributed by atoms with E-state index in [9.17, 15) is 5.11 Å². The number of halogens is 1. The molecule has 0 heterocycles. The monoisotopic (exact) mass is 287 g/mol. The molecule has 0 radical (unpaired) electrons. The van der Waals surface area contributed by atoms with Gasteiger partial charge in [0.15, 0.2) is 0 Å². The Morgan fingerprint density at radius 1 is 1.33 bits per heavy atom. The van der Waals surface area contributed by atoms with Crippen LogP contribution in [0.25, 0.3) is 0 Å². The van der Waals surface area contributed by atoms with Crippen LogP contribution < -0.4 is 5.32 Å². The number of aliphatic hydroxyl groups is 1. The molecule has 3 unspecified atom stereocenters. The quantitative estimate of drug-likeness (QED) is 0.779. The number of aliphatic hydroxyl groups excluding tert-OH is 1. The van der Waals surface area contributed by atoms with Crippen LogP contribution in [-0.4, -0.2) is 23.0 Å². The van der Waals surface area contributed by atoms with E-state index in [0.29, 0.717) is 6.04 Å². The van der Waals surface area contributed by atoms with Crippen LogP contribution in [0.4, 0.5) is 0 Å². The molecule has 102 valence electrons. The average Bonchev–Trinajstić information content (AvgIpc) is 2.31. The smallest absolute Gasteiger partial charge is 0.0631 e. The van der Waals surface area contributed by atoms with Crippen LogP contribution in [0.3, 0.4) is 0 Å². The molecule has 18 heavy (non-hydrogen) atoms. The highest BCUT2D eigenvalue weighted by molar-refractivity contribution is 8.00. The van der Waals surface area contributed by atoms with Gasteiger partial charge in [-0.3, -0.25) is 0 Å². The second-order valence-corrected chi connectivity index (χ2v) is 6.36. The van der Waals surface area contributed by atoms with Crippen LogP contribution in [0.1, 0.15) is 39.3 Å². The lowest BCUT2D eigenvalue weighted by Gasteiger charge is -2.17. The predicted octanol–water partition coefficient (Wildman–Crippen LogP) is 3.87. The van der Waals surface area contributed by atoms with Gasteiger partial charge in [-0.05, 0) is 38.1 Å². The van der Waals surface area contributed by atoms with Crippen LogP contribution in [0.2, 0.25) is 5.02 Å². The van der Waals surface area contributed by atoms with E-state index in [2.05, 4.69) is 25.2 Å². The molecule has 2 N–H and O–H groups in total. The van der Waals surface area contributed by atoms with Gasteiger partial charge < -0.3 is 10.4 Å². The fourth-order valence-electron chi connectivity index (χ4n) is 1.60. The van der Waals surface area contributed by atoms with E-state index >= 15 is 0 Å². The van der Waals surface area contributed by atoms with Crippen LogP contribution in [0.5, 0.6) is 0 Å². The summed E-state index contributed by atoms with van der Waals surface area (Å²) in [5.74, 6) is 0. The van der Waals surface area contributed by atoms with Crippen molar-refractivity contribution in [3.05, 3.63) is 28.8 Å². The highest BCUT2D eigenvalue weighted by Crippen LogP contribution is 2.33. The standard InChI is InChI=1S/C14H22ClNOS/c1-5-16-9(2)12-6-7-14(13(15)8-12)18-11(4)10(3)17/h6-11,16-17H,5H2,1-4H3. The number of nitrogens with one attached hydrogen (secondary N) is 1. The molecule has 0 saturated heterocycles. The molecule has 0 fully saturated rings. The largest absolute Gasteiger partial charge is 0.392 e. The number of hydrogen-bond donors (Lipinski definition) is 2. The zero-order valence-corrected chi connectivity index (χ0v) is 13.0. The Morgan fingerprint density at radius 3 is 2.50 bits per heavy atom. The first-order valence-corrected chi connectivity index (χ1v) is 7.59. The van der Waals surface area contributed by atoms with Crippen LogP contribution in [0.15, 0.2) is 23.1 Å². The Labute approximate surface area is 119 Å². The van der Waals surface area contributed by atoms with Gasteiger partial charge in [-0.15, -0.1) is 11.8 Å². The second-order valence-electron chi connectivity index (χ2n) is 4.53. The second kappa shape index (κ2) is 7.39. The molecule has 0 aliphatic carbocycles. The SMILES string of the molecule is CCNC(C)c1ccc(SC(C)C(C)O)c(Cl)c1. The average molecular weight is 288 g/mol. The molecule has 3 atom stereocenters. The summed E-state index contributed by atoms with van der Waals surface area (Å²) in [5.41, 5.74) is 1.19. The van der Waals surface area contributed by atoms with Crippen molar-refractivity contribution in [2.75, 3.05) is 6.54 Å². The van der Waals surface area contributed by atoms with E-state index in [-0.39, 0.29) is 11.4 Å². The van der Waals surface area contributed by atoms with E-state index in [4.69, 9.17) is 11.6 Å². The number of rotatable bonds is 6. The zero-order valence-electron chi connectivity index (χ0n) is 11.4. The van der Waals surface area contributed by atoms with Gasteiger partial charge in [0.05, 0.1) is 11.1 Å². The van der Waals surface area contributed by atoms with Crippen LogP contribution in [0, 0.1) is 0 Å². The molecule has 0 amide bonds. The minimum Gasteiger partial charge on any atom is -0.392 e. The Hall–Kier alpha value is -0.220. The third kappa shape index (κ3) is 4.47. The highest BCUT2D eigenvalue weighted by atomic mass is 35.5. The summed E-state index contributed by atoms with van der Waals surface area (Å²) >= 11 is 7.90. The van der Waals surface area contributed by atoms with Crippen molar-refractivity contribution >= 4 is 23.4 Å². The molecule has 2 nitrogen and oxygen atoms in total. The fraction of sp³-hybridized carbons (Fsp3) is 0.571. The molecule has 1 rings (SSSR count). The first-order chi connectivity index (χ1) is 8.45. The lowest BCUT2D eigenvalue weighted by molar-refractivity contribution is 0.196. The predicted molar refractivity (Wildman–Crippen MR) is 80.5 cm³/mol. The maximum absolute atomic E-state index is 9.51. The fourth-order valence-corrected chi connectivity index (χ4v) is 2.84. The molecule has 1 aromatic carbocycles. The van der Waals surface area contributed by atoms with Crippen molar-refractivity contribution in [2.45, 2.75) is 50.0 Å². The Kier molecular flexibility index (Phi) is 6.50. The molecule has 0 saturated carbocycles. The van der Waals surface area contributed by atoms with Crippen LogP contribution in [-0.2, 0) is 0 Å². The molecule has 0 aromatic heterocycles. The number of hydrogen-bond acceptors (Lipinski definition) is 3. The third-order valence-electron chi connectivity index (χ3n) is 2.96. The first-order valence-electron chi connectivity index (χ1n) is 6.33. The lowest BCUT2D eigenvalue weighted by atomic mass is 10.1. The molecule has 0 aliphatic rings. The minimum absolute atomic E-state index is 0.138. The van der Waals surface area contributed by atoms with Crippen molar-refractivity contribution in [1.29, 1.82) is 0 Å². The first kappa shape index (κ1) is 15.8. The molecular weight excluding hydrogens is 266 g/mol. The van der Waals surface area contributed by atoms with Crippen molar-refractivity contribution < 1.29 is 5.11 Å². The molecule has 0 bridgehead atoms. The van der Waals surface area contributed by atoms with E-state index in [1.807, 2.05) is 19.1 Å². The van der Waals surface area contributed by atoms with Gasteiger partial charge in [-0.1, -0.05) is 31.5 Å². The molecule has 1 aromatic rings. The van der Waals surface area contributed by atoms with Gasteiger partial charge in [-0.2, -0.15) is 0 Å². The minimum atomic E-state index is -0.341. The number of benzene rings is 1. The maximum atomic E-state index is 9.51. The summed E-state index contributed by atoms with van der Waals surface area (Å²) in [6.45, 7) is 8.95. The van der Waals surface area contributed by atoms with Gasteiger partial charge in [0, 0.05) is 16.2 Å². The molecule has 0 spiro atoms. The van der Waals surface area contributed by atoms with Crippen LogP contribution >= 0.6 is 23.4 Å². The Balaban J connectivity index is 2.79. The van der Waals surface area contributed by atoms with Gasteiger partial charge in [0.2, 0.25) is 0 Å². The molecule has 4 heteroatoms. The normalized spacial score (nSPS) is 16.3. The topological polar surface area (TPSA) is 32.3 Å². The third-order valence-corrected chi connectivity index (χ3v) is 4.76. The summed E-state index contributed by atoms with van der Waals surface area (Å²) in [7, 11) is 0. The van der Waals surface area contributed by atoms with E-state index in [1.165, 1.54) is 5.56 Å². The van der Waals surface area contributed by atoms with Crippen molar-refractivity contribution in [1.82, 2.24) is 5.32 Å². The van der Waals surface area contributed by atoms with Crippen molar-refractivity contribution in [3.8, 4) is 0 Å². The van der Waals surface area contributed by atoms with Crippen molar-refractivity contribution in [2.24, 2.45) is 0 Å². The summed E-state index contributed by atoms with van der Waals surface area (Å²) in [6.07, 6.45) is -0.341. The number of thioether (sulfide) groups is 1. The summed E-state index contributed by atoms with van der Waals surface area (Å²) in [4.78, 5) is 1.03. The Bertz CT molecular complexity index is 384. The zero-order chi connectivity index (χ0) is 13.7. The molecular formula is C14H22ClNOS. The Morgan fingerprint density at radius 2 is 2.00 bits per heavy atom. The maximum Gasteiger partial charge on any atom is 0.0631 e. The van der Waals surface area contributed by atoms with Crippen molar-refractivity contribution in [3.63, 3.8) is 0 Å². The molecule has 0 aliphatic heterocycles. The van der Waals surface area contributed by atoms with Gasteiger partial charge in [-0.25, -0.2) is 0 Å². The van der Waals surface area contributed by atoms with E-state index in [0.717, 1.165) is 16.5 Å². The summed E-state index contributed by atoms with van der Waals surface area (Å²) < 4.78 is 0. The lowest BCUT2D eigenvalue weighted by Crippen LogP contribution is -2.17. The summed E-state index contributed by atoms with van der Waals surface area (Å²) in [5, 5.41) is 13.8. The summed E-state index contributed by atoms with van der Waals surface area (Å²) in [6, 6.07) is 6.44. The van der Waals surface area contributed by atoms with Gasteiger partial charge in [0.1, 0.15) is 0 Å².